The largest absolute Gasteiger partial charge is 0.506 e. The SMILES string of the molecule is C[C@H](C(=O)Nc1cc(Cl)ccc1Cl)N1CCN(c2ccccc2O)CC1. The number of para-hydroxylation sites is 2. The molecular weight excluding hydrogens is 373 g/mol. The molecule has 2 aromatic carbocycles. The van der Waals surface area contributed by atoms with E-state index < -0.39 is 0 Å². The van der Waals surface area contributed by atoms with Crippen LogP contribution >= 0.6 is 23.2 Å². The number of nitrogens with one attached hydrogen (secondary N) is 1. The summed E-state index contributed by atoms with van der Waals surface area (Å²) in [4.78, 5) is 16.8. The molecule has 1 fully saturated rings. The monoisotopic (exact) mass is 393 g/mol. The first kappa shape index (κ1) is 18.8. The minimum Gasteiger partial charge on any atom is -0.506 e. The van der Waals surface area contributed by atoms with Gasteiger partial charge in [-0.2, -0.15) is 0 Å². The highest BCUT2D eigenvalue weighted by Crippen LogP contribution is 2.28. The van der Waals surface area contributed by atoms with Crippen molar-refractivity contribution in [2.75, 3.05) is 36.4 Å². The average molecular weight is 394 g/mol. The van der Waals surface area contributed by atoms with Crippen LogP contribution in [-0.4, -0.2) is 48.1 Å². The highest BCUT2D eigenvalue weighted by molar-refractivity contribution is 6.35. The molecule has 0 aromatic heterocycles. The average Bonchev–Trinajstić information content (AvgIpc) is 2.64. The molecule has 0 spiro atoms. The van der Waals surface area contributed by atoms with Gasteiger partial charge in [-0.3, -0.25) is 9.69 Å². The zero-order valence-corrected chi connectivity index (χ0v) is 16.0. The van der Waals surface area contributed by atoms with Gasteiger partial charge >= 0.3 is 0 Å². The molecule has 1 heterocycles. The second kappa shape index (κ2) is 8.16. The van der Waals surface area contributed by atoms with E-state index in [4.69, 9.17) is 23.2 Å². The molecule has 1 saturated heterocycles. The van der Waals surface area contributed by atoms with Crippen LogP contribution in [0.4, 0.5) is 11.4 Å². The number of phenolic OH excluding ortho intramolecular Hbond substituents is 1. The third-order valence-electron chi connectivity index (χ3n) is 4.65. The predicted octanol–water partition coefficient (Wildman–Crippen LogP) is 3.85. The number of carbonyl (C=O) groups is 1. The molecule has 0 unspecified atom stereocenters. The van der Waals surface area contributed by atoms with Crippen molar-refractivity contribution in [1.29, 1.82) is 0 Å². The lowest BCUT2D eigenvalue weighted by Gasteiger charge is -2.38. The van der Waals surface area contributed by atoms with Gasteiger partial charge in [0.25, 0.3) is 0 Å². The number of aromatic hydroxyl groups is 1. The molecule has 1 atom stereocenters. The summed E-state index contributed by atoms with van der Waals surface area (Å²) in [6, 6.07) is 12.0. The lowest BCUT2D eigenvalue weighted by Crippen LogP contribution is -2.52. The van der Waals surface area contributed by atoms with Gasteiger partial charge in [-0.05, 0) is 37.3 Å². The molecule has 1 aliphatic rings. The molecule has 2 aromatic rings. The fourth-order valence-electron chi connectivity index (χ4n) is 3.08. The summed E-state index contributed by atoms with van der Waals surface area (Å²) in [5.74, 6) is 0.160. The van der Waals surface area contributed by atoms with E-state index in [0.29, 0.717) is 15.7 Å². The van der Waals surface area contributed by atoms with Gasteiger partial charge in [-0.25, -0.2) is 0 Å². The van der Waals surface area contributed by atoms with E-state index in [-0.39, 0.29) is 17.7 Å². The number of hydrogen-bond acceptors (Lipinski definition) is 4. The molecule has 0 aliphatic carbocycles. The van der Waals surface area contributed by atoms with E-state index in [0.717, 1.165) is 31.9 Å². The molecule has 26 heavy (non-hydrogen) atoms. The zero-order chi connectivity index (χ0) is 18.7. The van der Waals surface area contributed by atoms with Crippen molar-refractivity contribution in [2.45, 2.75) is 13.0 Å². The molecule has 1 amide bonds. The summed E-state index contributed by atoms with van der Waals surface area (Å²) >= 11 is 12.1. The number of anilines is 2. The van der Waals surface area contributed by atoms with Crippen LogP contribution < -0.4 is 10.2 Å². The van der Waals surface area contributed by atoms with Crippen LogP contribution in [0.15, 0.2) is 42.5 Å². The molecule has 0 radical (unpaired) electrons. The predicted molar refractivity (Wildman–Crippen MR) is 106 cm³/mol. The maximum Gasteiger partial charge on any atom is 0.241 e. The highest BCUT2D eigenvalue weighted by Gasteiger charge is 2.26. The van der Waals surface area contributed by atoms with E-state index >= 15 is 0 Å². The van der Waals surface area contributed by atoms with E-state index in [2.05, 4.69) is 15.1 Å². The number of rotatable bonds is 4. The van der Waals surface area contributed by atoms with E-state index in [1.807, 2.05) is 25.1 Å². The molecule has 1 aliphatic heterocycles. The van der Waals surface area contributed by atoms with Gasteiger partial charge < -0.3 is 15.3 Å². The number of halogens is 2. The van der Waals surface area contributed by atoms with Gasteiger partial charge in [0.2, 0.25) is 5.91 Å². The maximum atomic E-state index is 12.6. The van der Waals surface area contributed by atoms with Crippen molar-refractivity contribution in [2.24, 2.45) is 0 Å². The Bertz CT molecular complexity index is 792. The van der Waals surface area contributed by atoms with Gasteiger partial charge in [-0.15, -0.1) is 0 Å². The fraction of sp³-hybridized carbons (Fsp3) is 0.316. The number of phenols is 1. The highest BCUT2D eigenvalue weighted by atomic mass is 35.5. The number of amides is 1. The number of hydrogen-bond donors (Lipinski definition) is 2. The summed E-state index contributed by atoms with van der Waals surface area (Å²) in [5, 5.41) is 13.8. The van der Waals surface area contributed by atoms with Gasteiger partial charge in [0.05, 0.1) is 22.4 Å². The van der Waals surface area contributed by atoms with Crippen LogP contribution in [-0.2, 0) is 4.79 Å². The van der Waals surface area contributed by atoms with E-state index in [9.17, 15) is 9.90 Å². The zero-order valence-electron chi connectivity index (χ0n) is 14.5. The smallest absolute Gasteiger partial charge is 0.241 e. The lowest BCUT2D eigenvalue weighted by atomic mass is 10.2. The second-order valence-corrected chi connectivity index (χ2v) is 7.14. The Kier molecular flexibility index (Phi) is 5.91. The lowest BCUT2D eigenvalue weighted by molar-refractivity contribution is -0.120. The Labute approximate surface area is 163 Å². The Morgan fingerprint density at radius 2 is 1.81 bits per heavy atom. The van der Waals surface area contributed by atoms with Crippen LogP contribution in [0.2, 0.25) is 10.0 Å². The maximum absolute atomic E-state index is 12.6. The summed E-state index contributed by atoms with van der Waals surface area (Å²) in [7, 11) is 0. The van der Waals surface area contributed by atoms with Gasteiger partial charge in [0.15, 0.2) is 0 Å². The van der Waals surface area contributed by atoms with Crippen molar-refractivity contribution < 1.29 is 9.90 Å². The Hall–Kier alpha value is -1.95. The first-order valence-electron chi connectivity index (χ1n) is 8.48. The van der Waals surface area contributed by atoms with Crippen molar-refractivity contribution in [3.63, 3.8) is 0 Å². The quantitative estimate of drug-likeness (QED) is 0.827. The van der Waals surface area contributed by atoms with Crippen molar-refractivity contribution >= 4 is 40.5 Å². The van der Waals surface area contributed by atoms with Gasteiger partial charge in [0.1, 0.15) is 5.75 Å². The van der Waals surface area contributed by atoms with Crippen molar-refractivity contribution in [3.8, 4) is 5.75 Å². The minimum absolute atomic E-state index is 0.120. The first-order valence-corrected chi connectivity index (χ1v) is 9.24. The van der Waals surface area contributed by atoms with Crippen LogP contribution in [0.5, 0.6) is 5.75 Å². The van der Waals surface area contributed by atoms with E-state index in [1.165, 1.54) is 0 Å². The molecule has 138 valence electrons. The Morgan fingerprint density at radius 1 is 1.12 bits per heavy atom. The summed E-state index contributed by atoms with van der Waals surface area (Å²) in [6.07, 6.45) is 0. The minimum atomic E-state index is -0.295. The molecule has 7 heteroatoms. The third-order valence-corrected chi connectivity index (χ3v) is 5.21. The molecular formula is C19H21Cl2N3O2. The van der Waals surface area contributed by atoms with Crippen LogP contribution in [0, 0.1) is 0 Å². The van der Waals surface area contributed by atoms with Crippen molar-refractivity contribution in [1.82, 2.24) is 4.90 Å². The standard InChI is InChI=1S/C19H21Cl2N3O2/c1-13(19(26)22-16-12-14(20)6-7-15(16)21)23-8-10-24(11-9-23)17-4-2-3-5-18(17)25/h2-7,12-13,25H,8-11H2,1H3,(H,22,26)/t13-/m1/s1. The topological polar surface area (TPSA) is 55.8 Å². The second-order valence-electron chi connectivity index (χ2n) is 6.30. The molecule has 0 saturated carbocycles. The number of nitrogens with zero attached hydrogens (tertiary/aromatic N) is 2. The van der Waals surface area contributed by atoms with E-state index in [1.54, 1.807) is 24.3 Å². The number of carbonyl (C=O) groups excluding carboxylic acids is 1. The Balaban J connectivity index is 1.59. The summed E-state index contributed by atoms with van der Waals surface area (Å²) in [5.41, 5.74) is 1.35. The molecule has 0 bridgehead atoms. The fourth-order valence-corrected chi connectivity index (χ4v) is 3.41. The molecule has 2 N–H and O–H groups in total. The first-order chi connectivity index (χ1) is 12.5. The molecule has 3 rings (SSSR count). The summed E-state index contributed by atoms with van der Waals surface area (Å²) in [6.45, 7) is 4.82. The van der Waals surface area contributed by atoms with Gasteiger partial charge in [0, 0.05) is 31.2 Å². The van der Waals surface area contributed by atoms with Crippen molar-refractivity contribution in [3.05, 3.63) is 52.5 Å². The third kappa shape index (κ3) is 4.23. The molecule has 5 nitrogen and oxygen atoms in total. The van der Waals surface area contributed by atoms with Crippen LogP contribution in [0.25, 0.3) is 0 Å². The number of piperazine rings is 1. The Morgan fingerprint density at radius 3 is 2.50 bits per heavy atom. The normalized spacial score (nSPS) is 16.3. The van der Waals surface area contributed by atoms with Crippen LogP contribution in [0.3, 0.4) is 0 Å². The number of benzene rings is 2. The van der Waals surface area contributed by atoms with Crippen LogP contribution in [0.1, 0.15) is 6.92 Å². The van der Waals surface area contributed by atoms with Gasteiger partial charge in [-0.1, -0.05) is 35.3 Å². The summed E-state index contributed by atoms with van der Waals surface area (Å²) < 4.78 is 0.